The van der Waals surface area contributed by atoms with Gasteiger partial charge < -0.3 is 5.11 Å². The zero-order valence-corrected chi connectivity index (χ0v) is 9.93. The van der Waals surface area contributed by atoms with E-state index < -0.39 is 0 Å². The number of non-ortho nitro benzene ring substituents is 1. The topological polar surface area (TPSA) is 63.4 Å². The molecule has 1 fully saturated rings. The molecule has 1 aliphatic rings. The lowest BCUT2D eigenvalue weighted by Gasteiger charge is -2.18. The lowest BCUT2D eigenvalue weighted by molar-refractivity contribution is -0.384. The van der Waals surface area contributed by atoms with Gasteiger partial charge in [0.25, 0.3) is 5.69 Å². The predicted molar refractivity (Wildman–Crippen MR) is 64.8 cm³/mol. The molecule has 4 heteroatoms. The van der Waals surface area contributed by atoms with Gasteiger partial charge in [-0.3, -0.25) is 10.1 Å². The summed E-state index contributed by atoms with van der Waals surface area (Å²) in [5, 5.41) is 20.1. The van der Waals surface area contributed by atoms with Crippen molar-refractivity contribution in [3.63, 3.8) is 0 Å². The highest BCUT2D eigenvalue weighted by Gasteiger charge is 2.45. The van der Waals surface area contributed by atoms with Gasteiger partial charge in [0.1, 0.15) is 0 Å². The van der Waals surface area contributed by atoms with E-state index >= 15 is 0 Å². The van der Waals surface area contributed by atoms with Gasteiger partial charge in [-0.2, -0.15) is 0 Å². The molecular formula is C13H17NO3. The molecule has 0 heterocycles. The van der Waals surface area contributed by atoms with Gasteiger partial charge in [0.15, 0.2) is 0 Å². The number of benzene rings is 1. The highest BCUT2D eigenvalue weighted by atomic mass is 16.6. The monoisotopic (exact) mass is 235 g/mol. The summed E-state index contributed by atoms with van der Waals surface area (Å²) in [4.78, 5) is 10.1. The van der Waals surface area contributed by atoms with Crippen LogP contribution in [0.4, 0.5) is 5.69 Å². The van der Waals surface area contributed by atoms with E-state index in [1.54, 1.807) is 12.1 Å². The quantitative estimate of drug-likeness (QED) is 0.630. The van der Waals surface area contributed by atoms with E-state index in [-0.39, 0.29) is 22.1 Å². The van der Waals surface area contributed by atoms with Crippen LogP contribution in [0.1, 0.15) is 31.7 Å². The van der Waals surface area contributed by atoms with E-state index in [9.17, 15) is 15.2 Å². The predicted octanol–water partition coefficient (Wildman–Crippen LogP) is 2.69. The summed E-state index contributed by atoms with van der Waals surface area (Å²) >= 11 is 0. The molecule has 0 radical (unpaired) electrons. The van der Waals surface area contributed by atoms with Crippen molar-refractivity contribution in [1.29, 1.82) is 0 Å². The van der Waals surface area contributed by atoms with E-state index in [0.29, 0.717) is 0 Å². The SMILES string of the molecule is CC(O)C1(CCc2ccc([N+](=O)[O-])cc2)CC1. The molecule has 1 atom stereocenters. The Kier molecular flexibility index (Phi) is 3.15. The zero-order valence-electron chi connectivity index (χ0n) is 9.93. The molecule has 0 amide bonds. The second kappa shape index (κ2) is 4.45. The van der Waals surface area contributed by atoms with Crippen molar-refractivity contribution in [1.82, 2.24) is 0 Å². The Morgan fingerprint density at radius 2 is 2.00 bits per heavy atom. The van der Waals surface area contributed by atoms with Crippen molar-refractivity contribution >= 4 is 5.69 Å². The highest BCUT2D eigenvalue weighted by molar-refractivity contribution is 5.33. The fourth-order valence-corrected chi connectivity index (χ4v) is 2.21. The van der Waals surface area contributed by atoms with E-state index in [2.05, 4.69) is 0 Å². The van der Waals surface area contributed by atoms with Crippen molar-refractivity contribution in [2.75, 3.05) is 0 Å². The number of hydrogen-bond acceptors (Lipinski definition) is 3. The van der Waals surface area contributed by atoms with Crippen LogP contribution in [0.25, 0.3) is 0 Å². The number of hydrogen-bond donors (Lipinski definition) is 1. The molecule has 1 saturated carbocycles. The molecule has 2 rings (SSSR count). The third kappa shape index (κ3) is 2.64. The zero-order chi connectivity index (χ0) is 12.5. The first kappa shape index (κ1) is 12.0. The summed E-state index contributed by atoms with van der Waals surface area (Å²) < 4.78 is 0. The molecule has 17 heavy (non-hydrogen) atoms. The van der Waals surface area contributed by atoms with Gasteiger partial charge in [-0.25, -0.2) is 0 Å². The Bertz CT molecular complexity index is 407. The van der Waals surface area contributed by atoms with Crippen LogP contribution in [0.2, 0.25) is 0 Å². The minimum Gasteiger partial charge on any atom is -0.393 e. The molecule has 0 spiro atoms. The van der Waals surface area contributed by atoms with Gasteiger partial charge in [-0.15, -0.1) is 0 Å². The van der Waals surface area contributed by atoms with Crippen LogP contribution in [-0.2, 0) is 6.42 Å². The average molecular weight is 235 g/mol. The molecule has 0 aromatic heterocycles. The number of aryl methyl sites for hydroxylation is 1. The van der Waals surface area contributed by atoms with Crippen LogP contribution in [0.3, 0.4) is 0 Å². The molecule has 1 unspecified atom stereocenters. The molecule has 0 bridgehead atoms. The van der Waals surface area contributed by atoms with Crippen LogP contribution in [0.5, 0.6) is 0 Å². The number of nitrogens with zero attached hydrogens (tertiary/aromatic N) is 1. The maximum Gasteiger partial charge on any atom is 0.269 e. The van der Waals surface area contributed by atoms with Crippen LogP contribution in [-0.4, -0.2) is 16.1 Å². The number of rotatable bonds is 5. The average Bonchev–Trinajstić information content (AvgIpc) is 3.08. The third-order valence-corrected chi connectivity index (χ3v) is 3.84. The fourth-order valence-electron chi connectivity index (χ4n) is 2.21. The van der Waals surface area contributed by atoms with E-state index in [4.69, 9.17) is 0 Å². The van der Waals surface area contributed by atoms with Crippen LogP contribution in [0.15, 0.2) is 24.3 Å². The fraction of sp³-hybridized carbons (Fsp3) is 0.538. The lowest BCUT2D eigenvalue weighted by atomic mass is 9.92. The van der Waals surface area contributed by atoms with Crippen LogP contribution < -0.4 is 0 Å². The smallest absolute Gasteiger partial charge is 0.269 e. The molecule has 0 aliphatic heterocycles. The first-order chi connectivity index (χ1) is 8.03. The Balaban J connectivity index is 1.94. The second-order valence-corrected chi connectivity index (χ2v) is 4.96. The Labute approximate surface area is 100 Å². The van der Waals surface area contributed by atoms with Gasteiger partial charge >= 0.3 is 0 Å². The largest absolute Gasteiger partial charge is 0.393 e. The number of nitro groups is 1. The highest BCUT2D eigenvalue weighted by Crippen LogP contribution is 2.52. The van der Waals surface area contributed by atoms with Crippen LogP contribution in [0, 0.1) is 15.5 Å². The molecule has 1 aliphatic carbocycles. The summed E-state index contributed by atoms with van der Waals surface area (Å²) in [6.45, 7) is 1.85. The maximum atomic E-state index is 10.5. The summed E-state index contributed by atoms with van der Waals surface area (Å²) in [5.41, 5.74) is 1.34. The Morgan fingerprint density at radius 1 is 1.41 bits per heavy atom. The normalized spacial score (nSPS) is 18.7. The molecule has 4 nitrogen and oxygen atoms in total. The van der Waals surface area contributed by atoms with Crippen molar-refractivity contribution in [3.05, 3.63) is 39.9 Å². The molecule has 1 N–H and O–H groups in total. The summed E-state index contributed by atoms with van der Waals surface area (Å²) in [5.74, 6) is 0. The van der Waals surface area contributed by atoms with Gasteiger partial charge in [-0.1, -0.05) is 12.1 Å². The first-order valence-corrected chi connectivity index (χ1v) is 5.95. The standard InChI is InChI=1S/C13H17NO3/c1-10(15)13(8-9-13)7-6-11-2-4-12(5-3-11)14(16)17/h2-5,10,15H,6-9H2,1H3. The van der Waals surface area contributed by atoms with Gasteiger partial charge in [0.2, 0.25) is 0 Å². The van der Waals surface area contributed by atoms with Crippen molar-refractivity contribution in [2.24, 2.45) is 5.41 Å². The van der Waals surface area contributed by atoms with Gasteiger partial charge in [0.05, 0.1) is 11.0 Å². The third-order valence-electron chi connectivity index (χ3n) is 3.84. The minimum absolute atomic E-state index is 0.113. The molecule has 92 valence electrons. The number of aliphatic hydroxyl groups excluding tert-OH is 1. The summed E-state index contributed by atoms with van der Waals surface area (Å²) in [6, 6.07) is 6.68. The lowest BCUT2D eigenvalue weighted by Crippen LogP contribution is -2.18. The van der Waals surface area contributed by atoms with Crippen molar-refractivity contribution in [3.8, 4) is 0 Å². The Hall–Kier alpha value is -1.42. The molecule has 1 aromatic carbocycles. The van der Waals surface area contributed by atoms with Crippen LogP contribution >= 0.6 is 0 Å². The van der Waals surface area contributed by atoms with Gasteiger partial charge in [-0.05, 0) is 43.6 Å². The Morgan fingerprint density at radius 3 is 2.41 bits per heavy atom. The van der Waals surface area contributed by atoms with Crippen molar-refractivity contribution in [2.45, 2.75) is 38.7 Å². The number of nitro benzene ring substituents is 1. The minimum atomic E-state index is -0.387. The molecule has 0 saturated heterocycles. The van der Waals surface area contributed by atoms with E-state index in [1.165, 1.54) is 12.1 Å². The second-order valence-electron chi connectivity index (χ2n) is 4.96. The summed E-state index contributed by atoms with van der Waals surface area (Å²) in [7, 11) is 0. The maximum absolute atomic E-state index is 10.5. The molecule has 1 aromatic rings. The molecular weight excluding hydrogens is 218 g/mol. The van der Waals surface area contributed by atoms with Crippen molar-refractivity contribution < 1.29 is 10.0 Å². The van der Waals surface area contributed by atoms with E-state index in [0.717, 1.165) is 31.2 Å². The van der Waals surface area contributed by atoms with E-state index in [1.807, 2.05) is 6.92 Å². The van der Waals surface area contributed by atoms with Gasteiger partial charge in [0, 0.05) is 12.1 Å². The first-order valence-electron chi connectivity index (χ1n) is 5.95. The number of aliphatic hydroxyl groups is 1. The summed E-state index contributed by atoms with van der Waals surface area (Å²) in [6.07, 6.45) is 3.78.